The highest BCUT2D eigenvalue weighted by molar-refractivity contribution is 4.80. The number of rotatable bonds is 4. The Morgan fingerprint density at radius 2 is 1.71 bits per heavy atom. The van der Waals surface area contributed by atoms with Gasteiger partial charge in [0, 0.05) is 5.41 Å². The predicted molar refractivity (Wildman–Crippen MR) is 58.0 cm³/mol. The summed E-state index contributed by atoms with van der Waals surface area (Å²) in [5.41, 5.74) is 0.00854. The van der Waals surface area contributed by atoms with Gasteiger partial charge in [-0.1, -0.05) is 38.7 Å². The molecule has 14 heavy (non-hydrogen) atoms. The first-order valence-electron chi connectivity index (χ1n) is 5.66. The molecule has 1 N–H and O–H groups in total. The normalized spacial score (nSPS) is 22.1. The summed E-state index contributed by atoms with van der Waals surface area (Å²) in [5, 5.41) is 9.47. The smallest absolute Gasteiger partial charge is 0.0951 e. The molecule has 1 aliphatic carbocycles. The molecule has 1 rings (SSSR count). The van der Waals surface area contributed by atoms with Crippen LogP contribution in [0.4, 0.5) is 0 Å². The van der Waals surface area contributed by atoms with Crippen molar-refractivity contribution in [3.8, 4) is 0 Å². The van der Waals surface area contributed by atoms with E-state index in [2.05, 4.69) is 6.58 Å². The van der Waals surface area contributed by atoms with Gasteiger partial charge in [0.2, 0.25) is 0 Å². The van der Waals surface area contributed by atoms with Crippen LogP contribution in [0.3, 0.4) is 0 Å². The van der Waals surface area contributed by atoms with Crippen LogP contribution in [0.25, 0.3) is 0 Å². The largest absolute Gasteiger partial charge is 0.501 e. The fourth-order valence-electron chi connectivity index (χ4n) is 2.24. The molecule has 1 aliphatic rings. The number of aliphatic hydroxyl groups excluding tert-OH is 1. The number of aliphatic hydroxyl groups is 1. The molecule has 0 aromatic rings. The lowest BCUT2D eigenvalue weighted by Crippen LogP contribution is -2.31. The van der Waals surface area contributed by atoms with Crippen molar-refractivity contribution in [3.63, 3.8) is 0 Å². The minimum Gasteiger partial charge on any atom is -0.501 e. The average Bonchev–Trinajstić information content (AvgIpc) is 2.18. The van der Waals surface area contributed by atoms with Crippen LogP contribution < -0.4 is 0 Å². The van der Waals surface area contributed by atoms with Crippen molar-refractivity contribution >= 4 is 0 Å². The molecule has 2 nitrogen and oxygen atoms in total. The molecule has 1 fully saturated rings. The number of ether oxygens (including phenoxy) is 1. The van der Waals surface area contributed by atoms with Crippen LogP contribution in [0, 0.1) is 5.41 Å². The van der Waals surface area contributed by atoms with Crippen molar-refractivity contribution in [1.82, 2.24) is 0 Å². The van der Waals surface area contributed by atoms with Crippen molar-refractivity contribution in [2.24, 2.45) is 5.41 Å². The van der Waals surface area contributed by atoms with Gasteiger partial charge in [-0.25, -0.2) is 0 Å². The summed E-state index contributed by atoms with van der Waals surface area (Å²) in [5.74, 6) is 0. The highest BCUT2D eigenvalue weighted by atomic mass is 16.5. The first kappa shape index (κ1) is 11.6. The van der Waals surface area contributed by atoms with E-state index in [1.165, 1.54) is 38.4 Å². The maximum Gasteiger partial charge on any atom is 0.0951 e. The van der Waals surface area contributed by atoms with Gasteiger partial charge in [-0.2, -0.15) is 0 Å². The van der Waals surface area contributed by atoms with E-state index in [1.807, 2.05) is 0 Å². The third kappa shape index (κ3) is 3.33. The van der Waals surface area contributed by atoms with Crippen LogP contribution in [0.15, 0.2) is 12.8 Å². The standard InChI is InChI=1S/C12H22O2/c1-2-14-11-12(10-13)8-6-4-3-5-7-9-12/h2,13H,1,3-11H2. The Balaban J connectivity index is 2.48. The van der Waals surface area contributed by atoms with Crippen molar-refractivity contribution < 1.29 is 9.84 Å². The highest BCUT2D eigenvalue weighted by Gasteiger charge is 2.30. The number of hydrogen-bond donors (Lipinski definition) is 1. The van der Waals surface area contributed by atoms with Gasteiger partial charge in [-0.05, 0) is 12.8 Å². The van der Waals surface area contributed by atoms with E-state index in [1.54, 1.807) is 0 Å². The van der Waals surface area contributed by atoms with E-state index in [-0.39, 0.29) is 12.0 Å². The maximum atomic E-state index is 9.47. The predicted octanol–water partition coefficient (Wildman–Crippen LogP) is 2.87. The summed E-state index contributed by atoms with van der Waals surface area (Å²) in [7, 11) is 0. The molecule has 0 amide bonds. The Labute approximate surface area is 87.0 Å². The third-order valence-electron chi connectivity index (χ3n) is 3.26. The van der Waals surface area contributed by atoms with E-state index < -0.39 is 0 Å². The van der Waals surface area contributed by atoms with Crippen molar-refractivity contribution in [2.45, 2.75) is 44.9 Å². The summed E-state index contributed by atoms with van der Waals surface area (Å²) in [6, 6.07) is 0. The minimum atomic E-state index is 0.00854. The van der Waals surface area contributed by atoms with E-state index in [4.69, 9.17) is 4.74 Å². The van der Waals surface area contributed by atoms with Crippen LogP contribution in [0.2, 0.25) is 0 Å². The Kier molecular flexibility index (Phi) is 5.02. The van der Waals surface area contributed by atoms with E-state index in [0.29, 0.717) is 6.61 Å². The Hall–Kier alpha value is -0.500. The summed E-state index contributed by atoms with van der Waals surface area (Å²) < 4.78 is 5.27. The molecule has 0 aliphatic heterocycles. The van der Waals surface area contributed by atoms with E-state index in [0.717, 1.165) is 12.8 Å². The quantitative estimate of drug-likeness (QED) is 0.704. The topological polar surface area (TPSA) is 29.5 Å². The maximum absolute atomic E-state index is 9.47. The lowest BCUT2D eigenvalue weighted by atomic mass is 9.77. The Bertz CT molecular complexity index is 158. The summed E-state index contributed by atoms with van der Waals surface area (Å²) in [6.45, 7) is 4.43. The Morgan fingerprint density at radius 3 is 2.21 bits per heavy atom. The van der Waals surface area contributed by atoms with Gasteiger partial charge >= 0.3 is 0 Å². The van der Waals surface area contributed by atoms with Crippen LogP contribution in [0.5, 0.6) is 0 Å². The van der Waals surface area contributed by atoms with Gasteiger partial charge in [0.25, 0.3) is 0 Å². The van der Waals surface area contributed by atoms with Gasteiger partial charge in [0.15, 0.2) is 0 Å². The van der Waals surface area contributed by atoms with Gasteiger partial charge in [0.05, 0.1) is 19.5 Å². The first-order chi connectivity index (χ1) is 6.83. The van der Waals surface area contributed by atoms with Gasteiger partial charge in [-0.3, -0.25) is 0 Å². The molecule has 0 spiro atoms. The SMILES string of the molecule is C=COCC1(CO)CCCCCCC1. The molecule has 0 aromatic carbocycles. The van der Waals surface area contributed by atoms with E-state index in [9.17, 15) is 5.11 Å². The Morgan fingerprint density at radius 1 is 1.14 bits per heavy atom. The summed E-state index contributed by atoms with van der Waals surface area (Å²) in [6.07, 6.45) is 10.1. The fourth-order valence-corrected chi connectivity index (χ4v) is 2.24. The second-order valence-corrected chi connectivity index (χ2v) is 4.40. The summed E-state index contributed by atoms with van der Waals surface area (Å²) in [4.78, 5) is 0. The molecule has 1 saturated carbocycles. The van der Waals surface area contributed by atoms with Crippen molar-refractivity contribution in [1.29, 1.82) is 0 Å². The fraction of sp³-hybridized carbons (Fsp3) is 0.833. The van der Waals surface area contributed by atoms with Crippen LogP contribution in [0.1, 0.15) is 44.9 Å². The van der Waals surface area contributed by atoms with Crippen molar-refractivity contribution in [3.05, 3.63) is 12.8 Å². The van der Waals surface area contributed by atoms with Gasteiger partial charge in [0.1, 0.15) is 0 Å². The van der Waals surface area contributed by atoms with Crippen molar-refractivity contribution in [2.75, 3.05) is 13.2 Å². The number of hydrogen-bond acceptors (Lipinski definition) is 2. The second kappa shape index (κ2) is 6.07. The monoisotopic (exact) mass is 198 g/mol. The zero-order valence-corrected chi connectivity index (χ0v) is 9.00. The molecule has 0 atom stereocenters. The molecular formula is C12H22O2. The van der Waals surface area contributed by atoms with Crippen LogP contribution in [-0.2, 0) is 4.74 Å². The molecule has 0 radical (unpaired) electrons. The molecule has 0 heterocycles. The van der Waals surface area contributed by atoms with Crippen LogP contribution >= 0.6 is 0 Å². The second-order valence-electron chi connectivity index (χ2n) is 4.40. The first-order valence-corrected chi connectivity index (χ1v) is 5.66. The van der Waals surface area contributed by atoms with Crippen LogP contribution in [-0.4, -0.2) is 18.3 Å². The van der Waals surface area contributed by atoms with E-state index >= 15 is 0 Å². The molecular weight excluding hydrogens is 176 g/mol. The highest BCUT2D eigenvalue weighted by Crippen LogP contribution is 2.34. The molecule has 0 unspecified atom stereocenters. The van der Waals surface area contributed by atoms with Gasteiger partial charge in [-0.15, -0.1) is 0 Å². The molecule has 82 valence electrons. The lowest BCUT2D eigenvalue weighted by Gasteiger charge is -2.32. The average molecular weight is 198 g/mol. The molecule has 0 bridgehead atoms. The van der Waals surface area contributed by atoms with Gasteiger partial charge < -0.3 is 9.84 Å². The summed E-state index contributed by atoms with van der Waals surface area (Å²) >= 11 is 0. The third-order valence-corrected chi connectivity index (χ3v) is 3.26. The minimum absolute atomic E-state index is 0.00854. The zero-order chi connectivity index (χ0) is 10.3. The molecule has 2 heteroatoms. The lowest BCUT2D eigenvalue weighted by molar-refractivity contribution is 0.0250. The molecule has 0 saturated heterocycles. The zero-order valence-electron chi connectivity index (χ0n) is 9.00. The molecule has 0 aromatic heterocycles.